The van der Waals surface area contributed by atoms with Crippen molar-refractivity contribution in [3.05, 3.63) is 45.7 Å². The van der Waals surface area contributed by atoms with Crippen LogP contribution in [0.15, 0.2) is 44.2 Å². The van der Waals surface area contributed by atoms with Crippen molar-refractivity contribution in [1.82, 2.24) is 14.6 Å². The quantitative estimate of drug-likeness (QED) is 0.195. The Bertz CT molecular complexity index is 1320. The minimum Gasteiger partial charge on any atom is -0.493 e. The number of nitrogens with zero attached hydrogens (tertiary/aromatic N) is 4. The number of sulfonamides is 1. The van der Waals surface area contributed by atoms with Gasteiger partial charge in [-0.2, -0.15) is 10.4 Å². The summed E-state index contributed by atoms with van der Waals surface area (Å²) in [5.74, 6) is -0.855. The standard InChI is InChI=1S/C22H28N6O8S/c1-15(30)24-7-8-25-37(33,34)17-5-3-16(4-6-17)26-27-20-19(14-35-2)18(13-23)21(31)28(22(20)32)9-11-36-12-10-29/h3-6,25,29,31H,7-12,14H2,1-2H3,(H,24,30). The lowest BCUT2D eigenvalue weighted by Crippen LogP contribution is -2.33. The summed E-state index contributed by atoms with van der Waals surface area (Å²) in [6, 6.07) is 7.16. The fourth-order valence-corrected chi connectivity index (χ4v) is 4.12. The predicted molar refractivity (Wildman–Crippen MR) is 130 cm³/mol. The molecule has 14 nitrogen and oxygen atoms in total. The molecule has 0 unspecified atom stereocenters. The molecule has 2 aromatic rings. The lowest BCUT2D eigenvalue weighted by Gasteiger charge is -2.14. The zero-order valence-electron chi connectivity index (χ0n) is 20.3. The summed E-state index contributed by atoms with van der Waals surface area (Å²) in [5.41, 5.74) is -0.961. The maximum atomic E-state index is 13.1. The number of hydrogen-bond acceptors (Lipinski definition) is 11. The van der Waals surface area contributed by atoms with E-state index >= 15 is 0 Å². The van der Waals surface area contributed by atoms with Crippen molar-refractivity contribution in [3.8, 4) is 11.9 Å². The molecule has 0 saturated heterocycles. The maximum absolute atomic E-state index is 13.1. The third-order valence-corrected chi connectivity index (χ3v) is 6.29. The fourth-order valence-electron chi connectivity index (χ4n) is 3.08. The number of hydrogen-bond donors (Lipinski definition) is 4. The number of pyridine rings is 1. The van der Waals surface area contributed by atoms with Crippen molar-refractivity contribution in [1.29, 1.82) is 5.26 Å². The highest BCUT2D eigenvalue weighted by molar-refractivity contribution is 7.89. The molecule has 0 aliphatic heterocycles. The average molecular weight is 537 g/mol. The molecule has 0 atom stereocenters. The maximum Gasteiger partial charge on any atom is 0.281 e. The van der Waals surface area contributed by atoms with E-state index in [9.17, 15) is 28.4 Å². The van der Waals surface area contributed by atoms with E-state index in [4.69, 9.17) is 14.6 Å². The number of nitriles is 1. The van der Waals surface area contributed by atoms with E-state index in [1.165, 1.54) is 38.3 Å². The zero-order chi connectivity index (χ0) is 27.4. The lowest BCUT2D eigenvalue weighted by molar-refractivity contribution is -0.118. The van der Waals surface area contributed by atoms with Crippen LogP contribution in [0.1, 0.15) is 18.1 Å². The number of aromatic hydroxyl groups is 1. The highest BCUT2D eigenvalue weighted by Gasteiger charge is 2.22. The third kappa shape index (κ3) is 8.17. The molecule has 1 aromatic carbocycles. The summed E-state index contributed by atoms with van der Waals surface area (Å²) < 4.78 is 38.2. The van der Waals surface area contributed by atoms with E-state index in [1.807, 2.05) is 6.07 Å². The van der Waals surface area contributed by atoms with E-state index < -0.39 is 21.5 Å². The van der Waals surface area contributed by atoms with Gasteiger partial charge < -0.3 is 25.0 Å². The van der Waals surface area contributed by atoms with Crippen molar-refractivity contribution in [2.75, 3.05) is 40.0 Å². The summed E-state index contributed by atoms with van der Waals surface area (Å²) >= 11 is 0. The Morgan fingerprint density at radius 1 is 1.19 bits per heavy atom. The van der Waals surface area contributed by atoms with Gasteiger partial charge in [-0.1, -0.05) is 0 Å². The number of nitrogens with one attached hydrogen (secondary N) is 2. The summed E-state index contributed by atoms with van der Waals surface area (Å²) in [6.07, 6.45) is 0. The van der Waals surface area contributed by atoms with E-state index in [2.05, 4.69) is 20.3 Å². The molecule has 0 fully saturated rings. The molecule has 0 spiro atoms. The molecule has 2 rings (SSSR count). The molecule has 200 valence electrons. The molecule has 0 aliphatic carbocycles. The number of ether oxygens (including phenoxy) is 2. The Morgan fingerprint density at radius 3 is 2.49 bits per heavy atom. The molecule has 15 heteroatoms. The number of aliphatic hydroxyl groups is 1. The van der Waals surface area contributed by atoms with E-state index in [-0.39, 0.29) is 79.4 Å². The highest BCUT2D eigenvalue weighted by atomic mass is 32.2. The largest absolute Gasteiger partial charge is 0.493 e. The first kappa shape index (κ1) is 29.5. The molecule has 1 heterocycles. The number of benzene rings is 1. The Kier molecular flexibility index (Phi) is 11.3. The smallest absolute Gasteiger partial charge is 0.281 e. The second kappa shape index (κ2) is 14.2. The van der Waals surface area contributed by atoms with Crippen LogP contribution in [-0.4, -0.2) is 69.1 Å². The minimum atomic E-state index is -3.83. The Labute approximate surface area is 213 Å². The number of aromatic nitrogens is 1. The van der Waals surface area contributed by atoms with Crippen molar-refractivity contribution >= 4 is 27.3 Å². The molecule has 4 N–H and O–H groups in total. The first-order chi connectivity index (χ1) is 17.7. The first-order valence-corrected chi connectivity index (χ1v) is 12.5. The van der Waals surface area contributed by atoms with Crippen LogP contribution in [0, 0.1) is 11.3 Å². The van der Waals surface area contributed by atoms with E-state index in [0.717, 1.165) is 4.57 Å². The number of amides is 1. The van der Waals surface area contributed by atoms with Crippen molar-refractivity contribution in [2.45, 2.75) is 25.0 Å². The van der Waals surface area contributed by atoms with E-state index in [1.54, 1.807) is 0 Å². The molecule has 0 saturated carbocycles. The molecule has 37 heavy (non-hydrogen) atoms. The summed E-state index contributed by atoms with van der Waals surface area (Å²) in [7, 11) is -2.49. The number of methoxy groups -OCH3 is 1. The van der Waals surface area contributed by atoms with E-state index in [0.29, 0.717) is 0 Å². The van der Waals surface area contributed by atoms with Crippen LogP contribution < -0.4 is 15.6 Å². The molecule has 0 bridgehead atoms. The SMILES string of the molecule is COCc1c(C#N)c(O)n(CCOCCO)c(=O)c1N=Nc1ccc(S(=O)(=O)NCCNC(C)=O)cc1. The molecule has 0 aliphatic rings. The van der Waals surface area contributed by atoms with Gasteiger partial charge in [0.15, 0.2) is 5.69 Å². The number of carbonyl (C=O) groups is 1. The average Bonchev–Trinajstić information content (AvgIpc) is 2.86. The molecule has 0 radical (unpaired) electrons. The Hall–Kier alpha value is -3.68. The fraction of sp³-hybridized carbons (Fsp3) is 0.409. The van der Waals surface area contributed by atoms with Gasteiger partial charge in [-0.05, 0) is 24.3 Å². The monoisotopic (exact) mass is 536 g/mol. The molecular weight excluding hydrogens is 508 g/mol. The number of rotatable bonds is 14. The van der Waals surface area contributed by atoms with Crippen LogP contribution in [-0.2, 0) is 37.4 Å². The summed E-state index contributed by atoms with van der Waals surface area (Å²) in [5, 5.41) is 39.3. The predicted octanol–water partition coefficient (Wildman–Crippen LogP) is 0.411. The van der Waals surface area contributed by atoms with Crippen LogP contribution >= 0.6 is 0 Å². The van der Waals surface area contributed by atoms with Crippen LogP contribution in [0.2, 0.25) is 0 Å². The molecule has 1 amide bonds. The van der Waals surface area contributed by atoms with Gasteiger partial charge in [-0.25, -0.2) is 13.1 Å². The van der Waals surface area contributed by atoms with Gasteiger partial charge in [-0.3, -0.25) is 14.2 Å². The van der Waals surface area contributed by atoms with Gasteiger partial charge in [0.25, 0.3) is 5.56 Å². The van der Waals surface area contributed by atoms with Gasteiger partial charge in [0, 0.05) is 32.7 Å². The summed E-state index contributed by atoms with van der Waals surface area (Å²) in [6.45, 7) is 0.934. The third-order valence-electron chi connectivity index (χ3n) is 4.81. The van der Waals surface area contributed by atoms with Gasteiger partial charge in [-0.15, -0.1) is 5.11 Å². The highest BCUT2D eigenvalue weighted by Crippen LogP contribution is 2.28. The van der Waals surface area contributed by atoms with Crippen LogP contribution in [0.25, 0.3) is 0 Å². The van der Waals surface area contributed by atoms with Crippen LogP contribution in [0.5, 0.6) is 5.88 Å². The van der Waals surface area contributed by atoms with Crippen molar-refractivity contribution < 1.29 is 32.9 Å². The second-order valence-electron chi connectivity index (χ2n) is 7.44. The zero-order valence-corrected chi connectivity index (χ0v) is 21.1. The summed E-state index contributed by atoms with van der Waals surface area (Å²) in [4.78, 5) is 23.9. The van der Waals surface area contributed by atoms with Gasteiger partial charge in [0.05, 0.1) is 43.6 Å². The second-order valence-corrected chi connectivity index (χ2v) is 9.20. The molecule has 1 aromatic heterocycles. The van der Waals surface area contributed by atoms with Crippen LogP contribution in [0.3, 0.4) is 0 Å². The van der Waals surface area contributed by atoms with Crippen molar-refractivity contribution in [2.24, 2.45) is 10.2 Å². The molecular formula is C22H28N6O8S. The minimum absolute atomic E-state index is 0.00500. The normalized spacial score (nSPS) is 11.5. The number of aliphatic hydroxyl groups excluding tert-OH is 1. The van der Waals surface area contributed by atoms with Gasteiger partial charge >= 0.3 is 0 Å². The van der Waals surface area contributed by atoms with Gasteiger partial charge in [0.1, 0.15) is 11.6 Å². The topological polar surface area (TPSA) is 205 Å². The van der Waals surface area contributed by atoms with Gasteiger partial charge in [0.2, 0.25) is 21.8 Å². The Morgan fingerprint density at radius 2 is 1.89 bits per heavy atom. The number of carbonyl (C=O) groups excluding carboxylic acids is 1. The van der Waals surface area contributed by atoms with Crippen LogP contribution in [0.4, 0.5) is 11.4 Å². The Balaban J connectivity index is 2.34. The first-order valence-electron chi connectivity index (χ1n) is 11.0. The lowest BCUT2D eigenvalue weighted by atomic mass is 10.1. The number of azo groups is 1. The van der Waals surface area contributed by atoms with Crippen molar-refractivity contribution in [3.63, 3.8) is 0 Å².